The van der Waals surface area contributed by atoms with Crippen molar-refractivity contribution in [3.05, 3.63) is 76.7 Å². The van der Waals surface area contributed by atoms with Crippen LogP contribution < -0.4 is 20.1 Å². The Morgan fingerprint density at radius 1 is 1.18 bits per heavy atom. The van der Waals surface area contributed by atoms with Crippen LogP contribution in [0.4, 0.5) is 17.6 Å². The SMILES string of the molecule is COc1ccc(C(O)(CNC(=O)c2ccc(OC3CCNC3=O)cc2)C(F)(F)F)nc1-c1ccc(F)c(Cl)c1. The number of alkyl halides is 3. The Morgan fingerprint density at radius 3 is 2.49 bits per heavy atom. The molecule has 0 radical (unpaired) electrons. The summed E-state index contributed by atoms with van der Waals surface area (Å²) in [5, 5.41) is 15.2. The second-order valence-electron chi connectivity index (χ2n) is 8.63. The van der Waals surface area contributed by atoms with Crippen LogP contribution in [0.25, 0.3) is 11.3 Å². The number of halogens is 5. The number of nitrogens with one attached hydrogen (secondary N) is 2. The van der Waals surface area contributed by atoms with Crippen LogP contribution in [0.1, 0.15) is 22.5 Å². The molecule has 1 aromatic heterocycles. The summed E-state index contributed by atoms with van der Waals surface area (Å²) in [4.78, 5) is 28.2. The predicted molar refractivity (Wildman–Crippen MR) is 132 cm³/mol. The number of methoxy groups -OCH3 is 1. The first-order valence-electron chi connectivity index (χ1n) is 11.6. The van der Waals surface area contributed by atoms with Crippen molar-refractivity contribution in [2.24, 2.45) is 0 Å². The number of benzene rings is 2. The molecule has 39 heavy (non-hydrogen) atoms. The lowest BCUT2D eigenvalue weighted by atomic mass is 9.96. The summed E-state index contributed by atoms with van der Waals surface area (Å²) in [5.74, 6) is -1.56. The topological polar surface area (TPSA) is 110 Å². The lowest BCUT2D eigenvalue weighted by Gasteiger charge is -2.30. The van der Waals surface area contributed by atoms with Gasteiger partial charge in [0.2, 0.25) is 5.60 Å². The van der Waals surface area contributed by atoms with E-state index in [-0.39, 0.29) is 33.5 Å². The van der Waals surface area contributed by atoms with E-state index in [0.29, 0.717) is 18.7 Å². The molecular weight excluding hydrogens is 546 g/mol. The fourth-order valence-corrected chi connectivity index (χ4v) is 4.05. The number of carbonyl (C=O) groups excluding carboxylic acids is 2. The molecule has 0 bridgehead atoms. The molecular formula is C26H22ClF4N3O5. The average molecular weight is 568 g/mol. The molecule has 1 saturated heterocycles. The number of rotatable bonds is 8. The molecule has 0 saturated carbocycles. The summed E-state index contributed by atoms with van der Waals surface area (Å²) < 4.78 is 66.8. The summed E-state index contributed by atoms with van der Waals surface area (Å²) in [6, 6.07) is 10.9. The number of ether oxygens (including phenoxy) is 2. The molecule has 2 atom stereocenters. The normalized spacial score (nSPS) is 16.8. The number of pyridine rings is 1. The number of nitrogens with zero attached hydrogens (tertiary/aromatic N) is 1. The van der Waals surface area contributed by atoms with Crippen LogP contribution in [0.2, 0.25) is 5.02 Å². The van der Waals surface area contributed by atoms with E-state index >= 15 is 0 Å². The minimum absolute atomic E-state index is 0.00733. The van der Waals surface area contributed by atoms with Crippen molar-refractivity contribution in [1.29, 1.82) is 0 Å². The van der Waals surface area contributed by atoms with Crippen LogP contribution >= 0.6 is 11.6 Å². The van der Waals surface area contributed by atoms with Crippen molar-refractivity contribution in [3.8, 4) is 22.8 Å². The molecule has 2 unspecified atom stereocenters. The minimum atomic E-state index is -5.25. The Kier molecular flexibility index (Phi) is 7.98. The smallest absolute Gasteiger partial charge is 0.424 e. The third-order valence-electron chi connectivity index (χ3n) is 6.06. The standard InChI is InChI=1S/C26H22ClF4N3O5/c1-38-19-8-9-21(34-22(19)15-4-7-18(28)17(27)12-15)25(37,26(29,30)31)13-33-23(35)14-2-5-16(6-3-14)39-20-10-11-32-24(20)36/h2-9,12,20,37H,10-11,13H2,1H3,(H,32,36)(H,33,35). The quantitative estimate of drug-likeness (QED) is 0.355. The maximum Gasteiger partial charge on any atom is 0.424 e. The lowest BCUT2D eigenvalue weighted by molar-refractivity contribution is -0.265. The molecule has 3 aromatic rings. The van der Waals surface area contributed by atoms with E-state index in [4.69, 9.17) is 21.1 Å². The molecule has 1 aliphatic heterocycles. The molecule has 2 aromatic carbocycles. The number of amides is 2. The van der Waals surface area contributed by atoms with Crippen LogP contribution in [0.5, 0.6) is 11.5 Å². The van der Waals surface area contributed by atoms with Gasteiger partial charge in [-0.15, -0.1) is 0 Å². The molecule has 0 aliphatic carbocycles. The van der Waals surface area contributed by atoms with Gasteiger partial charge in [-0.2, -0.15) is 13.2 Å². The zero-order chi connectivity index (χ0) is 28.4. The molecule has 206 valence electrons. The zero-order valence-corrected chi connectivity index (χ0v) is 21.1. The Hall–Kier alpha value is -3.90. The van der Waals surface area contributed by atoms with E-state index in [0.717, 1.165) is 24.3 Å². The number of aromatic nitrogens is 1. The fraction of sp³-hybridized carbons (Fsp3) is 0.269. The van der Waals surface area contributed by atoms with Gasteiger partial charge in [0.25, 0.3) is 11.8 Å². The Labute approximate surface area is 224 Å². The molecule has 3 N–H and O–H groups in total. The van der Waals surface area contributed by atoms with Gasteiger partial charge in [-0.05, 0) is 54.6 Å². The van der Waals surface area contributed by atoms with E-state index < -0.39 is 41.8 Å². The average Bonchev–Trinajstić information content (AvgIpc) is 3.32. The first-order chi connectivity index (χ1) is 18.4. The zero-order valence-electron chi connectivity index (χ0n) is 20.3. The van der Waals surface area contributed by atoms with Gasteiger partial charge < -0.3 is 25.2 Å². The third-order valence-corrected chi connectivity index (χ3v) is 6.35. The van der Waals surface area contributed by atoms with Crippen molar-refractivity contribution < 1.29 is 41.7 Å². The van der Waals surface area contributed by atoms with Gasteiger partial charge in [0.1, 0.15) is 23.0 Å². The van der Waals surface area contributed by atoms with Gasteiger partial charge in [0.05, 0.1) is 24.4 Å². The Bertz CT molecular complexity index is 1390. The highest BCUT2D eigenvalue weighted by molar-refractivity contribution is 6.31. The van der Waals surface area contributed by atoms with E-state index in [1.54, 1.807) is 0 Å². The summed E-state index contributed by atoms with van der Waals surface area (Å²) in [7, 11) is 1.26. The number of carbonyl (C=O) groups is 2. The van der Waals surface area contributed by atoms with Gasteiger partial charge in [-0.25, -0.2) is 9.37 Å². The van der Waals surface area contributed by atoms with Gasteiger partial charge >= 0.3 is 6.18 Å². The van der Waals surface area contributed by atoms with Crippen molar-refractivity contribution >= 4 is 23.4 Å². The molecule has 13 heteroatoms. The monoisotopic (exact) mass is 567 g/mol. The highest BCUT2D eigenvalue weighted by Gasteiger charge is 2.56. The first-order valence-corrected chi connectivity index (χ1v) is 11.9. The highest BCUT2D eigenvalue weighted by atomic mass is 35.5. The molecule has 0 spiro atoms. The Morgan fingerprint density at radius 2 is 1.90 bits per heavy atom. The minimum Gasteiger partial charge on any atom is -0.494 e. The van der Waals surface area contributed by atoms with E-state index in [9.17, 15) is 32.3 Å². The second-order valence-corrected chi connectivity index (χ2v) is 9.03. The van der Waals surface area contributed by atoms with Crippen LogP contribution in [-0.4, -0.2) is 54.4 Å². The van der Waals surface area contributed by atoms with E-state index in [1.165, 1.54) is 37.4 Å². The summed E-state index contributed by atoms with van der Waals surface area (Å²) in [6.45, 7) is -0.785. The number of hydrogen-bond donors (Lipinski definition) is 3. The van der Waals surface area contributed by atoms with Crippen LogP contribution in [0, 0.1) is 5.82 Å². The highest BCUT2D eigenvalue weighted by Crippen LogP contribution is 2.40. The van der Waals surface area contributed by atoms with Crippen LogP contribution in [0.15, 0.2) is 54.6 Å². The summed E-state index contributed by atoms with van der Waals surface area (Å²) in [6.07, 6.45) is -5.44. The molecule has 1 fully saturated rings. The van der Waals surface area contributed by atoms with Crippen LogP contribution in [-0.2, 0) is 10.4 Å². The van der Waals surface area contributed by atoms with Crippen molar-refractivity contribution in [1.82, 2.24) is 15.6 Å². The third kappa shape index (κ3) is 5.91. The van der Waals surface area contributed by atoms with Gasteiger partial charge in [-0.3, -0.25) is 9.59 Å². The van der Waals surface area contributed by atoms with Gasteiger partial charge in [0.15, 0.2) is 6.10 Å². The number of aliphatic hydroxyl groups is 1. The van der Waals surface area contributed by atoms with E-state index in [2.05, 4.69) is 15.6 Å². The predicted octanol–water partition coefficient (Wildman–Crippen LogP) is 4.00. The largest absolute Gasteiger partial charge is 0.494 e. The molecule has 2 heterocycles. The summed E-state index contributed by atoms with van der Waals surface area (Å²) in [5.41, 5.74) is -4.41. The summed E-state index contributed by atoms with van der Waals surface area (Å²) >= 11 is 5.82. The molecule has 4 rings (SSSR count). The maximum absolute atomic E-state index is 14.2. The lowest BCUT2D eigenvalue weighted by Crippen LogP contribution is -2.51. The van der Waals surface area contributed by atoms with Crippen molar-refractivity contribution in [2.75, 3.05) is 20.2 Å². The molecule has 2 amide bonds. The molecule has 8 nitrogen and oxygen atoms in total. The van der Waals surface area contributed by atoms with E-state index in [1.807, 2.05) is 0 Å². The molecule has 1 aliphatic rings. The van der Waals surface area contributed by atoms with Gasteiger partial charge in [0, 0.05) is 24.1 Å². The second kappa shape index (κ2) is 11.1. The maximum atomic E-state index is 14.2. The fourth-order valence-electron chi connectivity index (χ4n) is 3.87. The van der Waals surface area contributed by atoms with Gasteiger partial charge in [-0.1, -0.05) is 11.6 Å². The van der Waals surface area contributed by atoms with Crippen molar-refractivity contribution in [3.63, 3.8) is 0 Å². The van der Waals surface area contributed by atoms with Crippen LogP contribution in [0.3, 0.4) is 0 Å². The van der Waals surface area contributed by atoms with Crippen molar-refractivity contribution in [2.45, 2.75) is 24.3 Å². The Balaban J connectivity index is 1.56. The first kappa shape index (κ1) is 28.1. The number of hydrogen-bond acceptors (Lipinski definition) is 6.